The molecule has 0 saturated heterocycles. The molecule has 0 aliphatic heterocycles. The molecule has 1 saturated carbocycles. The van der Waals surface area contributed by atoms with Crippen molar-refractivity contribution in [2.75, 3.05) is 7.11 Å². The molecule has 0 atom stereocenters. The zero-order valence-corrected chi connectivity index (χ0v) is 14.8. The summed E-state index contributed by atoms with van der Waals surface area (Å²) in [6.45, 7) is 2.65. The van der Waals surface area contributed by atoms with E-state index in [1.807, 2.05) is 0 Å². The number of thiazole rings is 1. The van der Waals surface area contributed by atoms with Crippen LogP contribution in [0.25, 0.3) is 0 Å². The summed E-state index contributed by atoms with van der Waals surface area (Å²) in [5.41, 5.74) is 1.10. The van der Waals surface area contributed by atoms with E-state index in [1.54, 1.807) is 30.2 Å². The Morgan fingerprint density at radius 1 is 1.32 bits per heavy atom. The molecule has 2 aromatic rings. The van der Waals surface area contributed by atoms with Crippen molar-refractivity contribution in [3.63, 3.8) is 0 Å². The molecule has 120 valence electrons. The average Bonchev–Trinajstić information content (AvgIpc) is 3.13. The second-order valence-electron chi connectivity index (χ2n) is 5.65. The maximum absolute atomic E-state index is 5.12. The molecule has 3 rings (SSSR count). The molecule has 22 heavy (non-hydrogen) atoms. The van der Waals surface area contributed by atoms with Crippen molar-refractivity contribution in [1.29, 1.82) is 0 Å². The average molecular weight is 339 g/mol. The van der Waals surface area contributed by atoms with Crippen molar-refractivity contribution >= 4 is 23.1 Å². The number of methoxy groups -OCH3 is 1. The Labute approximate surface area is 139 Å². The molecule has 0 aromatic carbocycles. The van der Waals surface area contributed by atoms with E-state index >= 15 is 0 Å². The highest BCUT2D eigenvalue weighted by Crippen LogP contribution is 2.33. The van der Waals surface area contributed by atoms with Crippen LogP contribution in [0.1, 0.15) is 54.7 Å². The van der Waals surface area contributed by atoms with E-state index < -0.39 is 0 Å². The van der Waals surface area contributed by atoms with Gasteiger partial charge in [0.25, 0.3) is 0 Å². The summed E-state index contributed by atoms with van der Waals surface area (Å²) in [6.07, 6.45) is 6.50. The summed E-state index contributed by atoms with van der Waals surface area (Å²) < 4.78 is 7.46. The zero-order valence-electron chi connectivity index (χ0n) is 13.1. The summed E-state index contributed by atoms with van der Waals surface area (Å²) in [6, 6.07) is 0.575. The van der Waals surface area contributed by atoms with Crippen molar-refractivity contribution in [2.45, 2.75) is 62.6 Å². The van der Waals surface area contributed by atoms with Gasteiger partial charge in [0.2, 0.25) is 0 Å². The fourth-order valence-corrected chi connectivity index (χ4v) is 4.76. The summed E-state index contributed by atoms with van der Waals surface area (Å²) in [5, 5.41) is 12.8. The molecular formula is C15H22N4OS2. The van der Waals surface area contributed by atoms with Gasteiger partial charge in [-0.2, -0.15) is 0 Å². The summed E-state index contributed by atoms with van der Waals surface area (Å²) >= 11 is 3.39. The number of thioether (sulfide) groups is 1. The van der Waals surface area contributed by atoms with Crippen molar-refractivity contribution in [2.24, 2.45) is 0 Å². The number of ether oxygens (including phenoxy) is 1. The number of nitrogens with zero attached hydrogens (tertiary/aromatic N) is 4. The molecule has 0 N–H and O–H groups in total. The molecule has 2 heterocycles. The normalized spacial score (nSPS) is 16.3. The van der Waals surface area contributed by atoms with Gasteiger partial charge in [-0.25, -0.2) is 4.98 Å². The number of rotatable bonds is 6. The molecule has 0 amide bonds. The van der Waals surface area contributed by atoms with E-state index in [1.165, 1.54) is 32.1 Å². The minimum Gasteiger partial charge on any atom is -0.378 e. The predicted molar refractivity (Wildman–Crippen MR) is 89.3 cm³/mol. The van der Waals surface area contributed by atoms with Crippen LogP contribution in [0.5, 0.6) is 0 Å². The lowest BCUT2D eigenvalue weighted by molar-refractivity contribution is 0.184. The third-order valence-corrected chi connectivity index (χ3v) is 5.84. The largest absolute Gasteiger partial charge is 0.378 e. The monoisotopic (exact) mass is 338 g/mol. The van der Waals surface area contributed by atoms with Gasteiger partial charge in [0, 0.05) is 24.3 Å². The molecule has 1 aliphatic rings. The Hall–Kier alpha value is -0.920. The van der Waals surface area contributed by atoms with E-state index in [9.17, 15) is 0 Å². The summed E-state index contributed by atoms with van der Waals surface area (Å²) in [5.74, 6) is 1.87. The molecule has 0 unspecified atom stereocenters. The Kier molecular flexibility index (Phi) is 5.49. The highest BCUT2D eigenvalue weighted by molar-refractivity contribution is 7.98. The van der Waals surface area contributed by atoms with Crippen LogP contribution < -0.4 is 0 Å². The van der Waals surface area contributed by atoms with E-state index in [4.69, 9.17) is 4.74 Å². The predicted octanol–water partition coefficient (Wildman–Crippen LogP) is 3.99. The summed E-state index contributed by atoms with van der Waals surface area (Å²) in [4.78, 5) is 4.58. The number of aromatic nitrogens is 4. The van der Waals surface area contributed by atoms with Gasteiger partial charge in [-0.05, 0) is 19.8 Å². The second kappa shape index (κ2) is 7.57. The third-order valence-electron chi connectivity index (χ3n) is 3.99. The Bertz CT molecular complexity index is 604. The van der Waals surface area contributed by atoms with Crippen molar-refractivity contribution in [3.8, 4) is 0 Å². The van der Waals surface area contributed by atoms with Gasteiger partial charge in [0.05, 0.1) is 12.3 Å². The van der Waals surface area contributed by atoms with Gasteiger partial charge in [-0.3, -0.25) is 0 Å². The van der Waals surface area contributed by atoms with E-state index in [0.717, 1.165) is 27.4 Å². The van der Waals surface area contributed by atoms with Gasteiger partial charge < -0.3 is 9.30 Å². The van der Waals surface area contributed by atoms with Crippen molar-refractivity contribution in [3.05, 3.63) is 21.9 Å². The Morgan fingerprint density at radius 3 is 2.91 bits per heavy atom. The van der Waals surface area contributed by atoms with E-state index in [-0.39, 0.29) is 0 Å². The third kappa shape index (κ3) is 3.70. The minimum absolute atomic E-state index is 0.575. The fourth-order valence-electron chi connectivity index (χ4n) is 2.95. The first-order valence-corrected chi connectivity index (χ1v) is 9.61. The maximum Gasteiger partial charge on any atom is 0.191 e. The maximum atomic E-state index is 5.12. The number of aryl methyl sites for hydroxylation is 1. The van der Waals surface area contributed by atoms with Crippen LogP contribution in [0.3, 0.4) is 0 Å². The minimum atomic E-state index is 0.575. The van der Waals surface area contributed by atoms with Crippen LogP contribution in [-0.4, -0.2) is 26.9 Å². The number of hydrogen-bond acceptors (Lipinski definition) is 6. The first-order valence-electron chi connectivity index (χ1n) is 7.74. The smallest absolute Gasteiger partial charge is 0.191 e. The van der Waals surface area contributed by atoms with Gasteiger partial charge in [-0.1, -0.05) is 31.0 Å². The highest BCUT2D eigenvalue weighted by Gasteiger charge is 2.21. The molecule has 0 radical (unpaired) electrons. The summed E-state index contributed by atoms with van der Waals surface area (Å²) in [7, 11) is 1.70. The standard InChI is InChI=1S/C15H22N4OS2/c1-11-17-18-15(19(11)13-6-4-3-5-7-13)22-10-12-9-21-14(16-12)8-20-2/h9,13H,3-8,10H2,1-2H3. The Balaban J connectivity index is 1.66. The fraction of sp³-hybridized carbons (Fsp3) is 0.667. The lowest BCUT2D eigenvalue weighted by Gasteiger charge is -2.24. The van der Waals surface area contributed by atoms with E-state index in [2.05, 4.69) is 32.1 Å². The molecule has 1 aliphatic carbocycles. The highest BCUT2D eigenvalue weighted by atomic mass is 32.2. The van der Waals surface area contributed by atoms with Crippen LogP contribution in [0.2, 0.25) is 0 Å². The number of hydrogen-bond donors (Lipinski definition) is 0. The molecular weight excluding hydrogens is 316 g/mol. The molecule has 7 heteroatoms. The second-order valence-corrected chi connectivity index (χ2v) is 7.53. The van der Waals surface area contributed by atoms with Crippen LogP contribution >= 0.6 is 23.1 Å². The van der Waals surface area contributed by atoms with Crippen LogP contribution in [0.4, 0.5) is 0 Å². The van der Waals surface area contributed by atoms with Crippen LogP contribution in [-0.2, 0) is 17.1 Å². The molecule has 2 aromatic heterocycles. The lowest BCUT2D eigenvalue weighted by Crippen LogP contribution is -2.15. The van der Waals surface area contributed by atoms with Gasteiger partial charge >= 0.3 is 0 Å². The van der Waals surface area contributed by atoms with Crippen LogP contribution in [0.15, 0.2) is 10.5 Å². The molecule has 0 spiro atoms. The van der Waals surface area contributed by atoms with Gasteiger partial charge in [0.1, 0.15) is 10.8 Å². The van der Waals surface area contributed by atoms with Gasteiger partial charge in [0.15, 0.2) is 5.16 Å². The lowest BCUT2D eigenvalue weighted by atomic mass is 9.95. The molecule has 0 bridgehead atoms. The quantitative estimate of drug-likeness (QED) is 0.746. The zero-order chi connectivity index (χ0) is 15.4. The van der Waals surface area contributed by atoms with Gasteiger partial charge in [-0.15, -0.1) is 21.5 Å². The van der Waals surface area contributed by atoms with Crippen LogP contribution in [0, 0.1) is 6.92 Å². The Morgan fingerprint density at radius 2 is 2.14 bits per heavy atom. The van der Waals surface area contributed by atoms with E-state index in [0.29, 0.717) is 12.6 Å². The SMILES string of the molecule is COCc1nc(CSc2nnc(C)n2C2CCCCC2)cs1. The molecule has 1 fully saturated rings. The first-order chi connectivity index (χ1) is 10.8. The topological polar surface area (TPSA) is 52.8 Å². The molecule has 5 nitrogen and oxygen atoms in total. The van der Waals surface area contributed by atoms with Crippen molar-refractivity contribution < 1.29 is 4.74 Å². The first kappa shape index (κ1) is 16.0. The van der Waals surface area contributed by atoms with Crippen molar-refractivity contribution in [1.82, 2.24) is 19.7 Å².